The average molecular weight is 362 g/mol. The van der Waals surface area contributed by atoms with Gasteiger partial charge in [0, 0.05) is 11.9 Å². The van der Waals surface area contributed by atoms with Gasteiger partial charge in [-0.3, -0.25) is 9.78 Å². The van der Waals surface area contributed by atoms with Gasteiger partial charge in [-0.05, 0) is 66.9 Å². The van der Waals surface area contributed by atoms with E-state index in [4.69, 9.17) is 9.47 Å². The molecule has 27 heavy (non-hydrogen) atoms. The second kappa shape index (κ2) is 8.85. The topological polar surface area (TPSA) is 60.5 Å². The summed E-state index contributed by atoms with van der Waals surface area (Å²) in [6.07, 6.45) is 4.32. The zero-order chi connectivity index (χ0) is 19.1. The fourth-order valence-electron chi connectivity index (χ4n) is 2.54. The molecule has 0 unspecified atom stereocenters. The lowest BCUT2D eigenvalue weighted by Gasteiger charge is -2.11. The Bertz CT molecular complexity index is 893. The first-order valence-corrected chi connectivity index (χ1v) is 8.84. The Balaban J connectivity index is 1.55. The number of benzene rings is 2. The molecule has 1 amide bonds. The largest absolute Gasteiger partial charge is 0.484 e. The van der Waals surface area contributed by atoms with E-state index in [0.717, 1.165) is 12.0 Å². The van der Waals surface area contributed by atoms with Crippen LogP contribution in [0.4, 0.5) is 5.69 Å². The molecule has 0 fully saturated rings. The van der Waals surface area contributed by atoms with Gasteiger partial charge in [-0.1, -0.05) is 19.1 Å². The van der Waals surface area contributed by atoms with Crippen molar-refractivity contribution in [3.8, 4) is 17.2 Å². The van der Waals surface area contributed by atoms with Crippen LogP contribution >= 0.6 is 0 Å². The maximum atomic E-state index is 12.1. The van der Waals surface area contributed by atoms with Crippen molar-refractivity contribution in [2.24, 2.45) is 0 Å². The van der Waals surface area contributed by atoms with E-state index < -0.39 is 0 Å². The number of aryl methyl sites for hydroxylation is 2. The van der Waals surface area contributed by atoms with Gasteiger partial charge in [-0.15, -0.1) is 0 Å². The predicted molar refractivity (Wildman–Crippen MR) is 105 cm³/mol. The molecule has 1 aromatic heterocycles. The Kier molecular flexibility index (Phi) is 6.05. The number of hydrogen-bond acceptors (Lipinski definition) is 4. The molecule has 2 aromatic carbocycles. The molecule has 0 saturated carbocycles. The summed E-state index contributed by atoms with van der Waals surface area (Å²) >= 11 is 0. The van der Waals surface area contributed by atoms with Crippen molar-refractivity contribution >= 4 is 11.6 Å². The molecule has 0 aliphatic rings. The molecule has 0 aliphatic carbocycles. The molecule has 0 radical (unpaired) electrons. The third kappa shape index (κ3) is 5.31. The van der Waals surface area contributed by atoms with Crippen molar-refractivity contribution < 1.29 is 14.3 Å². The maximum Gasteiger partial charge on any atom is 0.262 e. The molecule has 5 nitrogen and oxygen atoms in total. The molecular weight excluding hydrogens is 340 g/mol. The third-order valence-electron chi connectivity index (χ3n) is 4.02. The van der Waals surface area contributed by atoms with Gasteiger partial charge in [-0.2, -0.15) is 0 Å². The van der Waals surface area contributed by atoms with Crippen LogP contribution in [0.25, 0.3) is 0 Å². The maximum absolute atomic E-state index is 12.1. The van der Waals surface area contributed by atoms with E-state index in [2.05, 4.69) is 17.2 Å². The summed E-state index contributed by atoms with van der Waals surface area (Å²) in [6.45, 7) is 3.98. The number of nitrogens with zero attached hydrogens (tertiary/aromatic N) is 1. The summed E-state index contributed by atoms with van der Waals surface area (Å²) in [4.78, 5) is 16.1. The Labute approximate surface area is 159 Å². The first-order valence-electron chi connectivity index (χ1n) is 8.84. The van der Waals surface area contributed by atoms with Gasteiger partial charge in [0.15, 0.2) is 6.61 Å². The SMILES string of the molecule is CCc1ccc(OCC(=O)Nc2ccc(Oc3cccnc3)c(C)c2)cc1. The Morgan fingerprint density at radius 2 is 1.89 bits per heavy atom. The highest BCUT2D eigenvalue weighted by Crippen LogP contribution is 2.26. The third-order valence-corrected chi connectivity index (χ3v) is 4.02. The Hall–Kier alpha value is -3.34. The van der Waals surface area contributed by atoms with E-state index in [1.54, 1.807) is 18.5 Å². The van der Waals surface area contributed by atoms with Crippen molar-refractivity contribution in [1.82, 2.24) is 4.98 Å². The van der Waals surface area contributed by atoms with Crippen LogP contribution in [0.2, 0.25) is 0 Å². The van der Waals surface area contributed by atoms with Gasteiger partial charge in [0.1, 0.15) is 17.2 Å². The standard InChI is InChI=1S/C22H22N2O3/c1-3-17-6-9-19(10-7-17)26-15-22(25)24-18-8-11-21(16(2)13-18)27-20-5-4-12-23-14-20/h4-14H,3,15H2,1-2H3,(H,24,25). The molecule has 0 aliphatic heterocycles. The van der Waals surface area contributed by atoms with E-state index in [9.17, 15) is 4.79 Å². The second-order valence-corrected chi connectivity index (χ2v) is 6.11. The number of hydrogen-bond donors (Lipinski definition) is 1. The second-order valence-electron chi connectivity index (χ2n) is 6.11. The Morgan fingerprint density at radius 3 is 2.56 bits per heavy atom. The fraction of sp³-hybridized carbons (Fsp3) is 0.182. The monoisotopic (exact) mass is 362 g/mol. The van der Waals surface area contributed by atoms with Crippen LogP contribution in [-0.4, -0.2) is 17.5 Å². The molecule has 1 heterocycles. The zero-order valence-electron chi connectivity index (χ0n) is 15.4. The summed E-state index contributed by atoms with van der Waals surface area (Å²) < 4.78 is 11.3. The first kappa shape index (κ1) is 18.5. The fourth-order valence-corrected chi connectivity index (χ4v) is 2.54. The smallest absolute Gasteiger partial charge is 0.262 e. The number of pyridine rings is 1. The molecular formula is C22H22N2O3. The highest BCUT2D eigenvalue weighted by molar-refractivity contribution is 5.92. The van der Waals surface area contributed by atoms with Crippen LogP contribution in [0.1, 0.15) is 18.1 Å². The number of carbonyl (C=O) groups excluding carboxylic acids is 1. The van der Waals surface area contributed by atoms with Crippen LogP contribution < -0.4 is 14.8 Å². The molecule has 0 spiro atoms. The molecule has 5 heteroatoms. The van der Waals surface area contributed by atoms with Crippen LogP contribution in [0.15, 0.2) is 67.0 Å². The van der Waals surface area contributed by atoms with Gasteiger partial charge < -0.3 is 14.8 Å². The summed E-state index contributed by atoms with van der Waals surface area (Å²) in [5, 5.41) is 2.83. The lowest BCUT2D eigenvalue weighted by atomic mass is 10.2. The van der Waals surface area contributed by atoms with E-state index in [-0.39, 0.29) is 12.5 Å². The number of amides is 1. The van der Waals surface area contributed by atoms with Crippen molar-refractivity contribution in [3.63, 3.8) is 0 Å². The van der Waals surface area contributed by atoms with Crippen LogP contribution in [0, 0.1) is 6.92 Å². The highest BCUT2D eigenvalue weighted by atomic mass is 16.5. The number of anilines is 1. The summed E-state index contributed by atoms with van der Waals surface area (Å²) in [6, 6.07) is 16.9. The van der Waals surface area contributed by atoms with Crippen molar-refractivity contribution in [2.45, 2.75) is 20.3 Å². The normalized spacial score (nSPS) is 10.3. The summed E-state index contributed by atoms with van der Waals surface area (Å²) in [5.41, 5.74) is 2.84. The number of rotatable bonds is 7. The number of ether oxygens (including phenoxy) is 2. The minimum Gasteiger partial charge on any atom is -0.484 e. The van der Waals surface area contributed by atoms with Gasteiger partial charge in [0.25, 0.3) is 5.91 Å². The number of nitrogens with one attached hydrogen (secondary N) is 1. The molecule has 0 atom stereocenters. The molecule has 1 N–H and O–H groups in total. The Morgan fingerprint density at radius 1 is 1.07 bits per heavy atom. The van der Waals surface area contributed by atoms with Crippen LogP contribution in [-0.2, 0) is 11.2 Å². The van der Waals surface area contributed by atoms with Gasteiger partial charge in [0.2, 0.25) is 0 Å². The van der Waals surface area contributed by atoms with E-state index in [0.29, 0.717) is 22.9 Å². The average Bonchev–Trinajstić information content (AvgIpc) is 2.70. The van der Waals surface area contributed by atoms with E-state index >= 15 is 0 Å². The lowest BCUT2D eigenvalue weighted by Crippen LogP contribution is -2.20. The van der Waals surface area contributed by atoms with Crippen LogP contribution in [0.5, 0.6) is 17.2 Å². The first-order chi connectivity index (χ1) is 13.1. The molecule has 3 aromatic rings. The number of aromatic nitrogens is 1. The zero-order valence-corrected chi connectivity index (χ0v) is 15.4. The molecule has 3 rings (SSSR count). The van der Waals surface area contributed by atoms with Gasteiger partial charge in [-0.25, -0.2) is 0 Å². The number of carbonyl (C=O) groups is 1. The van der Waals surface area contributed by atoms with Crippen molar-refractivity contribution in [1.29, 1.82) is 0 Å². The van der Waals surface area contributed by atoms with Crippen LogP contribution in [0.3, 0.4) is 0 Å². The van der Waals surface area contributed by atoms with E-state index in [1.165, 1.54) is 5.56 Å². The summed E-state index contributed by atoms with van der Waals surface area (Å²) in [5.74, 6) is 1.85. The molecule has 138 valence electrons. The molecule has 0 bridgehead atoms. The van der Waals surface area contributed by atoms with Crippen molar-refractivity contribution in [3.05, 3.63) is 78.1 Å². The van der Waals surface area contributed by atoms with Gasteiger partial charge in [0.05, 0.1) is 6.20 Å². The predicted octanol–water partition coefficient (Wildman–Crippen LogP) is 4.76. The lowest BCUT2D eigenvalue weighted by molar-refractivity contribution is -0.118. The summed E-state index contributed by atoms with van der Waals surface area (Å²) in [7, 11) is 0. The quantitative estimate of drug-likeness (QED) is 0.658. The van der Waals surface area contributed by atoms with E-state index in [1.807, 2.05) is 55.5 Å². The molecule has 0 saturated heterocycles. The van der Waals surface area contributed by atoms with Gasteiger partial charge >= 0.3 is 0 Å². The van der Waals surface area contributed by atoms with Crippen molar-refractivity contribution in [2.75, 3.05) is 11.9 Å². The minimum absolute atomic E-state index is 0.0432. The minimum atomic E-state index is -0.213. The highest BCUT2D eigenvalue weighted by Gasteiger charge is 2.07.